The lowest BCUT2D eigenvalue weighted by Crippen LogP contribution is -2.34. The van der Waals surface area contributed by atoms with Crippen LogP contribution in [0.15, 0.2) is 42.5 Å². The Morgan fingerprint density at radius 1 is 1.10 bits per heavy atom. The van der Waals surface area contributed by atoms with E-state index in [1.807, 2.05) is 50.2 Å². The highest BCUT2D eigenvalue weighted by Gasteiger charge is 2.09. The molecule has 2 aromatic rings. The molecule has 2 aromatic carbocycles. The first-order valence-electron chi connectivity index (χ1n) is 6.41. The van der Waals surface area contributed by atoms with Crippen molar-refractivity contribution in [1.82, 2.24) is 5.32 Å². The largest absolute Gasteiger partial charge is 0.332 e. The first kappa shape index (κ1) is 15.9. The van der Waals surface area contributed by atoms with Crippen LogP contribution in [0.3, 0.4) is 0 Å². The lowest BCUT2D eigenvalue weighted by molar-refractivity contribution is 0.0977. The Morgan fingerprint density at radius 3 is 2.38 bits per heavy atom. The Hall–Kier alpha value is -1.47. The van der Waals surface area contributed by atoms with Crippen LogP contribution in [0.25, 0.3) is 0 Å². The number of aryl methyl sites for hydroxylation is 2. The SMILES string of the molecule is Cc1ccc(NC(=S)NC(=O)c2ccc(C)c(I)c2)cc1. The van der Waals surface area contributed by atoms with Crippen molar-refractivity contribution in [3.05, 3.63) is 62.7 Å². The van der Waals surface area contributed by atoms with E-state index in [1.54, 1.807) is 6.07 Å². The van der Waals surface area contributed by atoms with Gasteiger partial charge in [-0.25, -0.2) is 0 Å². The van der Waals surface area contributed by atoms with Gasteiger partial charge in [-0.05, 0) is 78.5 Å². The normalized spacial score (nSPS) is 10.0. The maximum absolute atomic E-state index is 12.1. The van der Waals surface area contributed by atoms with Crippen LogP contribution < -0.4 is 10.6 Å². The molecule has 0 aliphatic carbocycles. The van der Waals surface area contributed by atoms with Gasteiger partial charge in [0.05, 0.1) is 0 Å². The average Bonchev–Trinajstić information content (AvgIpc) is 2.44. The summed E-state index contributed by atoms with van der Waals surface area (Å²) in [5.74, 6) is -0.211. The van der Waals surface area contributed by atoms with Crippen LogP contribution in [0, 0.1) is 17.4 Å². The zero-order chi connectivity index (χ0) is 15.4. The summed E-state index contributed by atoms with van der Waals surface area (Å²) < 4.78 is 1.05. The van der Waals surface area contributed by atoms with Crippen LogP contribution in [-0.2, 0) is 0 Å². The summed E-state index contributed by atoms with van der Waals surface area (Å²) in [6.45, 7) is 4.02. The Kier molecular flexibility index (Phi) is 5.30. The molecule has 0 saturated carbocycles. The van der Waals surface area contributed by atoms with E-state index in [-0.39, 0.29) is 5.91 Å². The Bertz CT molecular complexity index is 683. The van der Waals surface area contributed by atoms with Crippen molar-refractivity contribution in [3.63, 3.8) is 0 Å². The molecule has 108 valence electrons. The molecule has 0 saturated heterocycles. The average molecular weight is 410 g/mol. The van der Waals surface area contributed by atoms with Crippen molar-refractivity contribution in [2.45, 2.75) is 13.8 Å². The van der Waals surface area contributed by atoms with Gasteiger partial charge >= 0.3 is 0 Å². The molecule has 3 nitrogen and oxygen atoms in total. The van der Waals surface area contributed by atoms with E-state index in [0.29, 0.717) is 10.7 Å². The van der Waals surface area contributed by atoms with Gasteiger partial charge < -0.3 is 5.32 Å². The summed E-state index contributed by atoms with van der Waals surface area (Å²) in [7, 11) is 0. The van der Waals surface area contributed by atoms with Crippen LogP contribution >= 0.6 is 34.8 Å². The smallest absolute Gasteiger partial charge is 0.257 e. The van der Waals surface area contributed by atoms with E-state index in [9.17, 15) is 4.79 Å². The fourth-order valence-electron chi connectivity index (χ4n) is 1.71. The van der Waals surface area contributed by atoms with Gasteiger partial charge in [-0.1, -0.05) is 23.8 Å². The molecule has 0 aromatic heterocycles. The van der Waals surface area contributed by atoms with Crippen LogP contribution in [0.1, 0.15) is 21.5 Å². The zero-order valence-electron chi connectivity index (χ0n) is 11.7. The van der Waals surface area contributed by atoms with E-state index < -0.39 is 0 Å². The van der Waals surface area contributed by atoms with Gasteiger partial charge in [0.1, 0.15) is 0 Å². The predicted octanol–water partition coefficient (Wildman–Crippen LogP) is 4.03. The summed E-state index contributed by atoms with van der Waals surface area (Å²) in [5.41, 5.74) is 3.76. The summed E-state index contributed by atoms with van der Waals surface area (Å²) in [5, 5.41) is 5.97. The minimum atomic E-state index is -0.211. The number of hydrogen-bond donors (Lipinski definition) is 2. The molecular formula is C16H15IN2OS. The standard InChI is InChI=1S/C16H15IN2OS/c1-10-3-7-13(8-4-10)18-16(21)19-15(20)12-6-5-11(2)14(17)9-12/h3-9H,1-2H3,(H2,18,19,20,21). The number of amides is 1. The van der Waals surface area contributed by atoms with Crippen molar-refractivity contribution < 1.29 is 4.79 Å². The number of carbonyl (C=O) groups excluding carboxylic acids is 1. The summed E-state index contributed by atoms with van der Waals surface area (Å²) in [4.78, 5) is 12.1. The van der Waals surface area contributed by atoms with Gasteiger partial charge in [-0.2, -0.15) is 0 Å². The van der Waals surface area contributed by atoms with Gasteiger partial charge in [0.2, 0.25) is 0 Å². The molecule has 1 amide bonds. The summed E-state index contributed by atoms with van der Waals surface area (Å²) in [6.07, 6.45) is 0. The van der Waals surface area contributed by atoms with E-state index >= 15 is 0 Å². The van der Waals surface area contributed by atoms with Gasteiger partial charge in [0.15, 0.2) is 5.11 Å². The van der Waals surface area contributed by atoms with Gasteiger partial charge in [-0.3, -0.25) is 10.1 Å². The Morgan fingerprint density at radius 2 is 1.76 bits per heavy atom. The molecule has 2 rings (SSSR count). The third-order valence-corrected chi connectivity index (χ3v) is 4.34. The lowest BCUT2D eigenvalue weighted by Gasteiger charge is -2.10. The monoisotopic (exact) mass is 410 g/mol. The number of halogens is 1. The second-order valence-electron chi connectivity index (χ2n) is 4.74. The number of rotatable bonds is 2. The molecule has 0 aliphatic rings. The Labute approximate surface area is 143 Å². The molecule has 2 N–H and O–H groups in total. The number of benzene rings is 2. The molecule has 0 unspecified atom stereocenters. The third kappa shape index (κ3) is 4.50. The van der Waals surface area contributed by atoms with E-state index in [2.05, 4.69) is 33.2 Å². The van der Waals surface area contributed by atoms with Gasteiger partial charge in [0.25, 0.3) is 5.91 Å². The lowest BCUT2D eigenvalue weighted by atomic mass is 10.1. The third-order valence-electron chi connectivity index (χ3n) is 2.97. The predicted molar refractivity (Wildman–Crippen MR) is 98.8 cm³/mol. The molecular weight excluding hydrogens is 395 g/mol. The highest BCUT2D eigenvalue weighted by atomic mass is 127. The Balaban J connectivity index is 2.00. The minimum absolute atomic E-state index is 0.211. The number of anilines is 1. The molecule has 0 bridgehead atoms. The highest BCUT2D eigenvalue weighted by Crippen LogP contribution is 2.13. The summed E-state index contributed by atoms with van der Waals surface area (Å²) in [6, 6.07) is 13.4. The first-order chi connectivity index (χ1) is 9.95. The molecule has 0 radical (unpaired) electrons. The number of carbonyl (C=O) groups is 1. The fourth-order valence-corrected chi connectivity index (χ4v) is 2.43. The van der Waals surface area contributed by atoms with E-state index in [1.165, 1.54) is 5.56 Å². The molecule has 5 heteroatoms. The molecule has 0 spiro atoms. The van der Waals surface area contributed by atoms with E-state index in [4.69, 9.17) is 12.2 Å². The van der Waals surface area contributed by atoms with Gasteiger partial charge in [0, 0.05) is 14.8 Å². The maximum atomic E-state index is 12.1. The van der Waals surface area contributed by atoms with Crippen molar-refractivity contribution in [2.75, 3.05) is 5.32 Å². The molecule has 0 fully saturated rings. The zero-order valence-corrected chi connectivity index (χ0v) is 14.7. The van der Waals surface area contributed by atoms with Crippen molar-refractivity contribution in [1.29, 1.82) is 0 Å². The fraction of sp³-hybridized carbons (Fsp3) is 0.125. The quantitative estimate of drug-likeness (QED) is 0.580. The van der Waals surface area contributed by atoms with Crippen LogP contribution in [-0.4, -0.2) is 11.0 Å². The maximum Gasteiger partial charge on any atom is 0.257 e. The van der Waals surface area contributed by atoms with Crippen molar-refractivity contribution in [2.24, 2.45) is 0 Å². The molecule has 0 heterocycles. The minimum Gasteiger partial charge on any atom is -0.332 e. The number of hydrogen-bond acceptors (Lipinski definition) is 2. The van der Waals surface area contributed by atoms with Crippen LogP contribution in [0.5, 0.6) is 0 Å². The second kappa shape index (κ2) is 7.00. The highest BCUT2D eigenvalue weighted by molar-refractivity contribution is 14.1. The van der Waals surface area contributed by atoms with E-state index in [0.717, 1.165) is 14.8 Å². The van der Waals surface area contributed by atoms with Crippen molar-refractivity contribution in [3.8, 4) is 0 Å². The van der Waals surface area contributed by atoms with Crippen LogP contribution in [0.2, 0.25) is 0 Å². The topological polar surface area (TPSA) is 41.1 Å². The van der Waals surface area contributed by atoms with Crippen molar-refractivity contribution >= 4 is 51.5 Å². The second-order valence-corrected chi connectivity index (χ2v) is 6.31. The molecule has 0 aliphatic heterocycles. The molecule has 21 heavy (non-hydrogen) atoms. The number of nitrogens with one attached hydrogen (secondary N) is 2. The van der Waals surface area contributed by atoms with Crippen LogP contribution in [0.4, 0.5) is 5.69 Å². The first-order valence-corrected chi connectivity index (χ1v) is 7.89. The van der Waals surface area contributed by atoms with Gasteiger partial charge in [-0.15, -0.1) is 0 Å². The molecule has 0 atom stereocenters. The summed E-state index contributed by atoms with van der Waals surface area (Å²) >= 11 is 7.37. The number of thiocarbonyl (C=S) groups is 1.